The van der Waals surface area contributed by atoms with Gasteiger partial charge in [-0.3, -0.25) is 0 Å². The first-order valence-electron chi connectivity index (χ1n) is 12.8. The van der Waals surface area contributed by atoms with E-state index in [0.29, 0.717) is 0 Å². The van der Waals surface area contributed by atoms with E-state index in [0.717, 1.165) is 23.7 Å². The van der Waals surface area contributed by atoms with Crippen LogP contribution in [0.2, 0.25) is 0 Å². The molecule has 28 heavy (non-hydrogen) atoms. The van der Waals surface area contributed by atoms with E-state index in [2.05, 4.69) is 33.0 Å². The molecule has 1 nitrogen and oxygen atoms in total. The average molecular weight is 396 g/mol. The molecule has 0 aromatic heterocycles. The van der Waals surface area contributed by atoms with Gasteiger partial charge in [-0.1, -0.05) is 125 Å². The van der Waals surface area contributed by atoms with Crippen LogP contribution < -0.4 is 5.32 Å². The van der Waals surface area contributed by atoms with E-state index < -0.39 is 0 Å². The van der Waals surface area contributed by atoms with Gasteiger partial charge in [-0.2, -0.15) is 0 Å². The Balaban J connectivity index is 0.000000344. The van der Waals surface area contributed by atoms with Crippen LogP contribution in [0.1, 0.15) is 138 Å². The van der Waals surface area contributed by atoms with Gasteiger partial charge in [-0.15, -0.1) is 0 Å². The van der Waals surface area contributed by atoms with Crippen LogP contribution in [0.15, 0.2) is 0 Å². The first kappa shape index (κ1) is 28.0. The summed E-state index contributed by atoms with van der Waals surface area (Å²) in [7, 11) is 0. The third-order valence-corrected chi connectivity index (χ3v) is 6.97. The predicted molar refractivity (Wildman–Crippen MR) is 130 cm³/mol. The minimum atomic E-state index is 0. The van der Waals surface area contributed by atoms with Gasteiger partial charge in [0.15, 0.2) is 0 Å². The van der Waals surface area contributed by atoms with E-state index in [1.54, 1.807) is 0 Å². The Hall–Kier alpha value is -0.0400. The van der Waals surface area contributed by atoms with Crippen LogP contribution in [0.5, 0.6) is 0 Å². The molecule has 4 fully saturated rings. The highest BCUT2D eigenvalue weighted by molar-refractivity contribution is 4.63. The third-order valence-electron chi connectivity index (χ3n) is 6.97. The maximum atomic E-state index is 3.33. The second-order valence-electron chi connectivity index (χ2n) is 10.3. The summed E-state index contributed by atoms with van der Waals surface area (Å²) >= 11 is 0. The van der Waals surface area contributed by atoms with Crippen molar-refractivity contribution in [3.63, 3.8) is 0 Å². The van der Waals surface area contributed by atoms with Gasteiger partial charge in [0.05, 0.1) is 0 Å². The zero-order valence-electron chi connectivity index (χ0n) is 19.5. The molecule has 0 unspecified atom stereocenters. The highest BCUT2D eigenvalue weighted by atomic mass is 14.9. The van der Waals surface area contributed by atoms with Crippen LogP contribution in [-0.2, 0) is 0 Å². The molecule has 0 aromatic carbocycles. The number of rotatable bonds is 0. The van der Waals surface area contributed by atoms with Gasteiger partial charge in [0, 0.05) is 0 Å². The molecule has 1 aliphatic heterocycles. The van der Waals surface area contributed by atoms with Crippen LogP contribution >= 0.6 is 0 Å². The maximum Gasteiger partial charge on any atom is -0.00231 e. The SMILES string of the molecule is C.CC1CCCC1.CC1CCCCC1.CC1CCCCC1.C[C@@H]1CCCNC1. The molecule has 4 rings (SSSR count). The van der Waals surface area contributed by atoms with Crippen LogP contribution in [0.25, 0.3) is 0 Å². The predicted octanol–water partition coefficient (Wildman–Crippen LogP) is 9.01. The van der Waals surface area contributed by atoms with E-state index >= 15 is 0 Å². The second kappa shape index (κ2) is 19.0. The fourth-order valence-corrected chi connectivity index (χ4v) is 4.77. The van der Waals surface area contributed by atoms with Crippen molar-refractivity contribution in [2.75, 3.05) is 13.1 Å². The lowest BCUT2D eigenvalue weighted by molar-refractivity contribution is 0.385. The van der Waals surface area contributed by atoms with Gasteiger partial charge in [-0.25, -0.2) is 0 Å². The molecular weight excluding hydrogens is 338 g/mol. The van der Waals surface area contributed by atoms with Crippen LogP contribution in [-0.4, -0.2) is 13.1 Å². The highest BCUT2D eigenvalue weighted by Gasteiger charge is 2.08. The number of hydrogen-bond donors (Lipinski definition) is 1. The van der Waals surface area contributed by atoms with Crippen LogP contribution in [0.4, 0.5) is 0 Å². The first-order valence-corrected chi connectivity index (χ1v) is 12.8. The molecule has 170 valence electrons. The van der Waals surface area contributed by atoms with Crippen molar-refractivity contribution in [1.82, 2.24) is 5.32 Å². The fourth-order valence-electron chi connectivity index (χ4n) is 4.77. The summed E-state index contributed by atoms with van der Waals surface area (Å²) in [5.41, 5.74) is 0. The molecule has 0 bridgehead atoms. The van der Waals surface area contributed by atoms with Crippen LogP contribution in [0, 0.1) is 23.7 Å². The molecule has 3 aliphatic carbocycles. The zero-order valence-corrected chi connectivity index (χ0v) is 19.5. The Labute approximate surface area is 180 Å². The Morgan fingerprint density at radius 2 is 0.750 bits per heavy atom. The molecule has 0 aromatic rings. The lowest BCUT2D eigenvalue weighted by Gasteiger charge is -2.17. The molecule has 1 heteroatoms. The number of nitrogens with one attached hydrogen (secondary N) is 1. The second-order valence-corrected chi connectivity index (χ2v) is 10.3. The Kier molecular flexibility index (Phi) is 18.9. The molecule has 0 spiro atoms. The van der Waals surface area contributed by atoms with Crippen molar-refractivity contribution in [2.24, 2.45) is 23.7 Å². The summed E-state index contributed by atoms with van der Waals surface area (Å²) in [6, 6.07) is 0. The Bertz CT molecular complexity index is 251. The van der Waals surface area contributed by atoms with Crippen molar-refractivity contribution in [3.8, 4) is 0 Å². The van der Waals surface area contributed by atoms with E-state index in [-0.39, 0.29) is 7.43 Å². The lowest BCUT2D eigenvalue weighted by atomic mass is 9.91. The summed E-state index contributed by atoms with van der Waals surface area (Å²) in [5.74, 6) is 4.04. The average Bonchev–Trinajstić information content (AvgIpc) is 3.16. The first-order chi connectivity index (χ1) is 13.1. The molecule has 1 saturated heterocycles. The fraction of sp³-hybridized carbons (Fsp3) is 1.00. The summed E-state index contributed by atoms with van der Waals surface area (Å²) in [4.78, 5) is 0. The lowest BCUT2D eigenvalue weighted by Crippen LogP contribution is -2.27. The molecule has 0 amide bonds. The highest BCUT2D eigenvalue weighted by Crippen LogP contribution is 2.23. The monoisotopic (exact) mass is 395 g/mol. The summed E-state index contributed by atoms with van der Waals surface area (Å²) in [6.45, 7) is 11.8. The molecule has 4 aliphatic rings. The molecule has 0 radical (unpaired) electrons. The van der Waals surface area contributed by atoms with Gasteiger partial charge in [0.25, 0.3) is 0 Å². The smallest absolute Gasteiger partial charge is 0.00231 e. The summed E-state index contributed by atoms with van der Waals surface area (Å²) in [6.07, 6.45) is 23.6. The summed E-state index contributed by atoms with van der Waals surface area (Å²) < 4.78 is 0. The van der Waals surface area contributed by atoms with E-state index in [1.165, 1.54) is 116 Å². The summed E-state index contributed by atoms with van der Waals surface area (Å²) in [5, 5.41) is 3.33. The molecule has 1 heterocycles. The van der Waals surface area contributed by atoms with Gasteiger partial charge >= 0.3 is 0 Å². The molecule has 1 atom stereocenters. The largest absolute Gasteiger partial charge is 0.316 e. The Morgan fingerprint density at radius 1 is 0.429 bits per heavy atom. The van der Waals surface area contributed by atoms with Crippen molar-refractivity contribution >= 4 is 0 Å². The van der Waals surface area contributed by atoms with Crippen molar-refractivity contribution < 1.29 is 0 Å². The molecular formula is C27H57N. The normalized spacial score (nSPS) is 26.4. The minimum Gasteiger partial charge on any atom is -0.316 e. The van der Waals surface area contributed by atoms with Crippen molar-refractivity contribution in [2.45, 2.75) is 138 Å². The number of hydrogen-bond acceptors (Lipinski definition) is 1. The third kappa shape index (κ3) is 16.9. The standard InChI is InChI=1S/2C7H14.C6H13N.C6H12.CH4/c2*1-7-5-3-2-4-6-7;1-6-3-2-4-7-5-6;1-6-4-2-3-5-6;/h2*7H,2-6H2,1H3;6-7H,2-5H2,1H3;6H,2-5H2,1H3;1H4/t;;6-;;/m..1../s1. The topological polar surface area (TPSA) is 12.0 Å². The van der Waals surface area contributed by atoms with Gasteiger partial charge in [-0.05, 0) is 49.6 Å². The molecule has 1 N–H and O–H groups in total. The van der Waals surface area contributed by atoms with Gasteiger partial charge < -0.3 is 5.32 Å². The van der Waals surface area contributed by atoms with E-state index in [1.807, 2.05) is 0 Å². The zero-order chi connectivity index (χ0) is 19.7. The van der Waals surface area contributed by atoms with Crippen molar-refractivity contribution in [3.05, 3.63) is 0 Å². The van der Waals surface area contributed by atoms with E-state index in [4.69, 9.17) is 0 Å². The quantitative estimate of drug-likeness (QED) is 0.431. The van der Waals surface area contributed by atoms with Gasteiger partial charge in [0.1, 0.15) is 0 Å². The van der Waals surface area contributed by atoms with Crippen molar-refractivity contribution in [1.29, 1.82) is 0 Å². The minimum absolute atomic E-state index is 0. The Morgan fingerprint density at radius 3 is 0.893 bits per heavy atom. The molecule has 3 saturated carbocycles. The number of piperidine rings is 1. The van der Waals surface area contributed by atoms with Gasteiger partial charge in [0.2, 0.25) is 0 Å². The van der Waals surface area contributed by atoms with Crippen LogP contribution in [0.3, 0.4) is 0 Å². The van der Waals surface area contributed by atoms with E-state index in [9.17, 15) is 0 Å². The maximum absolute atomic E-state index is 3.33.